The highest BCUT2D eigenvalue weighted by Gasteiger charge is 2.22. The van der Waals surface area contributed by atoms with Crippen LogP contribution in [-0.2, 0) is 9.53 Å². The second-order valence-corrected chi connectivity index (χ2v) is 7.58. The van der Waals surface area contributed by atoms with Gasteiger partial charge in [0.25, 0.3) is 11.8 Å². The lowest BCUT2D eigenvalue weighted by atomic mass is 9.99. The summed E-state index contributed by atoms with van der Waals surface area (Å²) >= 11 is 5.84. The van der Waals surface area contributed by atoms with E-state index in [-0.39, 0.29) is 24.0 Å². The largest absolute Gasteiger partial charge is 0.452 e. The first-order valence-corrected chi connectivity index (χ1v) is 9.92. The van der Waals surface area contributed by atoms with E-state index in [0.717, 1.165) is 12.8 Å². The van der Waals surface area contributed by atoms with Crippen LogP contribution in [0.5, 0.6) is 0 Å². The van der Waals surface area contributed by atoms with Crippen LogP contribution in [0.2, 0.25) is 5.02 Å². The number of carbonyl (C=O) groups is 3. The smallest absolute Gasteiger partial charge is 0.340 e. The summed E-state index contributed by atoms with van der Waals surface area (Å²) in [6, 6.07) is 12.9. The van der Waals surface area contributed by atoms with Crippen molar-refractivity contribution in [2.24, 2.45) is 5.92 Å². The average Bonchev–Trinajstić information content (AvgIpc) is 2.73. The van der Waals surface area contributed by atoms with Crippen molar-refractivity contribution in [1.82, 2.24) is 4.90 Å². The molecule has 0 radical (unpaired) electrons. The normalized spacial score (nSPS) is 14.3. The summed E-state index contributed by atoms with van der Waals surface area (Å²) in [5, 5.41) is 3.23. The van der Waals surface area contributed by atoms with E-state index in [1.54, 1.807) is 53.4 Å². The van der Waals surface area contributed by atoms with Crippen molar-refractivity contribution < 1.29 is 19.1 Å². The molecule has 2 aromatic carbocycles. The molecule has 1 heterocycles. The van der Waals surface area contributed by atoms with Gasteiger partial charge >= 0.3 is 5.97 Å². The number of hydrogen-bond donors (Lipinski definition) is 1. The number of carbonyl (C=O) groups excluding carboxylic acids is 3. The van der Waals surface area contributed by atoms with Crippen molar-refractivity contribution in [3.63, 3.8) is 0 Å². The van der Waals surface area contributed by atoms with Gasteiger partial charge in [0.1, 0.15) is 0 Å². The van der Waals surface area contributed by atoms with Crippen LogP contribution in [0.15, 0.2) is 48.5 Å². The highest BCUT2D eigenvalue weighted by atomic mass is 35.5. The minimum atomic E-state index is -0.657. The number of esters is 1. The Kier molecular flexibility index (Phi) is 6.88. The molecule has 0 aromatic heterocycles. The summed E-state index contributed by atoms with van der Waals surface area (Å²) in [5.41, 5.74) is 0.915. The molecule has 7 heteroatoms. The maximum atomic E-state index is 12.5. The Morgan fingerprint density at radius 2 is 1.72 bits per heavy atom. The van der Waals surface area contributed by atoms with Gasteiger partial charge in [-0.2, -0.15) is 0 Å². The molecule has 0 spiro atoms. The molecule has 152 valence electrons. The Hall–Kier alpha value is -2.86. The molecule has 6 nitrogen and oxygen atoms in total. The first-order valence-electron chi connectivity index (χ1n) is 9.55. The third-order valence-corrected chi connectivity index (χ3v) is 5.22. The second-order valence-electron chi connectivity index (χ2n) is 7.15. The van der Waals surface area contributed by atoms with E-state index in [1.165, 1.54) is 0 Å². The lowest BCUT2D eigenvalue weighted by Crippen LogP contribution is -2.40. The first kappa shape index (κ1) is 20.9. The number of halogens is 1. The lowest BCUT2D eigenvalue weighted by molar-refractivity contribution is -0.135. The molecule has 0 atom stereocenters. The van der Waals surface area contributed by atoms with Crippen LogP contribution in [-0.4, -0.2) is 42.4 Å². The molecule has 0 unspecified atom stereocenters. The van der Waals surface area contributed by atoms with Crippen LogP contribution in [0.25, 0.3) is 0 Å². The van der Waals surface area contributed by atoms with Crippen LogP contribution in [0.1, 0.15) is 40.5 Å². The van der Waals surface area contributed by atoms with Crippen molar-refractivity contribution in [2.75, 3.05) is 25.0 Å². The molecule has 29 heavy (non-hydrogen) atoms. The van der Waals surface area contributed by atoms with Crippen molar-refractivity contribution >= 4 is 35.1 Å². The minimum absolute atomic E-state index is 0.190. The van der Waals surface area contributed by atoms with E-state index in [2.05, 4.69) is 12.2 Å². The predicted molar refractivity (Wildman–Crippen MR) is 111 cm³/mol. The highest BCUT2D eigenvalue weighted by molar-refractivity contribution is 6.30. The molecule has 1 aliphatic rings. The molecule has 0 aliphatic carbocycles. The molecule has 1 fully saturated rings. The van der Waals surface area contributed by atoms with Crippen LogP contribution in [0.4, 0.5) is 5.69 Å². The topological polar surface area (TPSA) is 75.7 Å². The molecule has 2 aromatic rings. The van der Waals surface area contributed by atoms with Gasteiger partial charge in [-0.25, -0.2) is 4.79 Å². The number of benzene rings is 2. The van der Waals surface area contributed by atoms with E-state index in [0.29, 0.717) is 35.3 Å². The standard InChI is InChI=1S/C22H23ClN2O4/c1-15-10-12-25(13-11-15)20(26)14-29-22(28)18-4-2-3-5-19(18)24-21(27)16-6-8-17(23)9-7-16/h2-9,15H,10-14H2,1H3,(H,24,27). The summed E-state index contributed by atoms with van der Waals surface area (Å²) in [6.07, 6.45) is 1.92. The van der Waals surface area contributed by atoms with Gasteiger partial charge in [-0.15, -0.1) is 0 Å². The van der Waals surface area contributed by atoms with Crippen molar-refractivity contribution in [1.29, 1.82) is 0 Å². The van der Waals surface area contributed by atoms with E-state index in [4.69, 9.17) is 16.3 Å². The van der Waals surface area contributed by atoms with Gasteiger partial charge in [0.05, 0.1) is 11.3 Å². The molecular weight excluding hydrogens is 392 g/mol. The van der Waals surface area contributed by atoms with Gasteiger partial charge in [-0.3, -0.25) is 9.59 Å². The van der Waals surface area contributed by atoms with E-state index >= 15 is 0 Å². The molecule has 0 bridgehead atoms. The Balaban J connectivity index is 1.61. The minimum Gasteiger partial charge on any atom is -0.452 e. The van der Waals surface area contributed by atoms with E-state index in [1.807, 2.05) is 0 Å². The van der Waals surface area contributed by atoms with Crippen LogP contribution >= 0.6 is 11.6 Å². The highest BCUT2D eigenvalue weighted by Crippen LogP contribution is 2.19. The van der Waals surface area contributed by atoms with E-state index < -0.39 is 5.97 Å². The average molecular weight is 415 g/mol. The Bertz CT molecular complexity index is 890. The monoisotopic (exact) mass is 414 g/mol. The summed E-state index contributed by atoms with van der Waals surface area (Å²) in [5.74, 6) is -0.623. The Morgan fingerprint density at radius 3 is 2.41 bits per heavy atom. The molecule has 3 rings (SSSR count). The van der Waals surface area contributed by atoms with Crippen LogP contribution < -0.4 is 5.32 Å². The zero-order chi connectivity index (χ0) is 20.8. The Labute approximate surface area is 174 Å². The zero-order valence-corrected chi connectivity index (χ0v) is 16.9. The molecule has 1 aliphatic heterocycles. The maximum Gasteiger partial charge on any atom is 0.340 e. The molecule has 1 saturated heterocycles. The number of ether oxygens (including phenoxy) is 1. The number of nitrogens with zero attached hydrogens (tertiary/aromatic N) is 1. The number of anilines is 1. The van der Waals surface area contributed by atoms with Gasteiger partial charge in [0.2, 0.25) is 0 Å². The zero-order valence-electron chi connectivity index (χ0n) is 16.2. The number of likely N-dealkylation sites (tertiary alicyclic amines) is 1. The van der Waals surface area contributed by atoms with Gasteiger partial charge in [-0.05, 0) is 55.2 Å². The maximum absolute atomic E-state index is 12.5. The van der Waals surface area contributed by atoms with Gasteiger partial charge in [0, 0.05) is 23.7 Å². The third-order valence-electron chi connectivity index (χ3n) is 4.96. The Morgan fingerprint density at radius 1 is 1.07 bits per heavy atom. The van der Waals surface area contributed by atoms with Crippen LogP contribution in [0.3, 0.4) is 0 Å². The SMILES string of the molecule is CC1CCN(C(=O)COC(=O)c2ccccc2NC(=O)c2ccc(Cl)cc2)CC1. The summed E-state index contributed by atoms with van der Waals surface area (Å²) in [4.78, 5) is 38.9. The molecular formula is C22H23ClN2O4. The lowest BCUT2D eigenvalue weighted by Gasteiger charge is -2.30. The number of hydrogen-bond acceptors (Lipinski definition) is 4. The number of rotatable bonds is 5. The van der Waals surface area contributed by atoms with Crippen molar-refractivity contribution in [2.45, 2.75) is 19.8 Å². The second kappa shape index (κ2) is 9.56. The van der Waals surface area contributed by atoms with Crippen LogP contribution in [0, 0.1) is 5.92 Å². The third kappa shape index (κ3) is 5.57. The van der Waals surface area contributed by atoms with Gasteiger partial charge in [-0.1, -0.05) is 30.7 Å². The summed E-state index contributed by atoms with van der Waals surface area (Å²) in [6.45, 7) is 3.22. The molecule has 2 amide bonds. The fourth-order valence-electron chi connectivity index (χ4n) is 3.12. The predicted octanol–water partition coefficient (Wildman–Crippen LogP) is 4.01. The van der Waals surface area contributed by atoms with Gasteiger partial charge < -0.3 is 15.0 Å². The van der Waals surface area contributed by atoms with Gasteiger partial charge in [0.15, 0.2) is 6.61 Å². The summed E-state index contributed by atoms with van der Waals surface area (Å²) in [7, 11) is 0. The summed E-state index contributed by atoms with van der Waals surface area (Å²) < 4.78 is 5.21. The van der Waals surface area contributed by atoms with Crippen molar-refractivity contribution in [3.05, 3.63) is 64.7 Å². The number of amides is 2. The quantitative estimate of drug-likeness (QED) is 0.750. The fraction of sp³-hybridized carbons (Fsp3) is 0.318. The number of piperidine rings is 1. The van der Waals surface area contributed by atoms with E-state index in [9.17, 15) is 14.4 Å². The fourth-order valence-corrected chi connectivity index (χ4v) is 3.25. The molecule has 1 N–H and O–H groups in total. The molecule has 0 saturated carbocycles. The number of para-hydroxylation sites is 1. The first-order chi connectivity index (χ1) is 13.9. The van der Waals surface area contributed by atoms with Crippen molar-refractivity contribution in [3.8, 4) is 0 Å². The number of nitrogens with one attached hydrogen (secondary N) is 1.